The lowest BCUT2D eigenvalue weighted by Crippen LogP contribution is -2.31. The van der Waals surface area contributed by atoms with E-state index >= 15 is 0 Å². The fourth-order valence-electron chi connectivity index (χ4n) is 3.88. The third-order valence-corrected chi connectivity index (χ3v) is 4.90. The number of fused-ring (bicyclic) bond motifs is 2. The Morgan fingerprint density at radius 1 is 1.21 bits per heavy atom. The molecule has 0 aromatic heterocycles. The van der Waals surface area contributed by atoms with Gasteiger partial charge >= 0.3 is 0 Å². The molecule has 1 saturated heterocycles. The quantitative estimate of drug-likeness (QED) is 0.865. The summed E-state index contributed by atoms with van der Waals surface area (Å²) in [6, 6.07) is 10.6. The summed E-state index contributed by atoms with van der Waals surface area (Å²) >= 11 is 0. The standard InChI is InChI=1S/C17H26N2/c1-3-17(18-4-2)14-6-9-15(10-7-14)19-12-13-5-8-16(19)11-13/h6-7,9-10,13,16-18H,3-5,8,11-12H2,1-2H3. The van der Waals surface area contributed by atoms with Gasteiger partial charge in [-0.3, -0.25) is 0 Å². The maximum atomic E-state index is 3.55. The zero-order valence-electron chi connectivity index (χ0n) is 12.2. The smallest absolute Gasteiger partial charge is 0.0369 e. The fourth-order valence-corrected chi connectivity index (χ4v) is 3.88. The molecule has 3 atom stereocenters. The van der Waals surface area contributed by atoms with Crippen molar-refractivity contribution in [3.8, 4) is 0 Å². The molecule has 1 N–H and O–H groups in total. The molecule has 0 amide bonds. The highest BCUT2D eigenvalue weighted by Gasteiger charge is 2.37. The fraction of sp³-hybridized carbons (Fsp3) is 0.647. The Kier molecular flexibility index (Phi) is 3.79. The molecule has 2 bridgehead atoms. The first-order chi connectivity index (χ1) is 9.31. The van der Waals surface area contributed by atoms with Gasteiger partial charge in [-0.2, -0.15) is 0 Å². The van der Waals surface area contributed by atoms with E-state index in [-0.39, 0.29) is 0 Å². The second-order valence-electron chi connectivity index (χ2n) is 6.10. The highest BCUT2D eigenvalue weighted by Crippen LogP contribution is 2.40. The molecular weight excluding hydrogens is 232 g/mol. The van der Waals surface area contributed by atoms with E-state index in [1.54, 1.807) is 0 Å². The first-order valence-electron chi connectivity index (χ1n) is 7.91. The van der Waals surface area contributed by atoms with Crippen molar-refractivity contribution in [2.24, 2.45) is 5.92 Å². The third-order valence-electron chi connectivity index (χ3n) is 4.90. The van der Waals surface area contributed by atoms with Crippen molar-refractivity contribution in [1.29, 1.82) is 0 Å². The van der Waals surface area contributed by atoms with Crippen LogP contribution in [-0.2, 0) is 0 Å². The minimum Gasteiger partial charge on any atom is -0.368 e. The Morgan fingerprint density at radius 2 is 2.00 bits per heavy atom. The van der Waals surface area contributed by atoms with Crippen molar-refractivity contribution in [1.82, 2.24) is 5.32 Å². The van der Waals surface area contributed by atoms with E-state index in [9.17, 15) is 0 Å². The molecule has 0 spiro atoms. The van der Waals surface area contributed by atoms with Crippen LogP contribution < -0.4 is 10.2 Å². The van der Waals surface area contributed by atoms with Crippen LogP contribution >= 0.6 is 0 Å². The van der Waals surface area contributed by atoms with Crippen LogP contribution in [0.4, 0.5) is 5.69 Å². The highest BCUT2D eigenvalue weighted by molar-refractivity contribution is 5.50. The van der Waals surface area contributed by atoms with E-state index < -0.39 is 0 Å². The van der Waals surface area contributed by atoms with Crippen LogP contribution in [0.15, 0.2) is 24.3 Å². The van der Waals surface area contributed by atoms with E-state index in [1.807, 2.05) is 0 Å². The average molecular weight is 258 g/mol. The van der Waals surface area contributed by atoms with E-state index in [0.717, 1.165) is 24.9 Å². The lowest BCUT2D eigenvalue weighted by Gasteiger charge is -2.29. The molecule has 1 aliphatic heterocycles. The minimum absolute atomic E-state index is 0.508. The monoisotopic (exact) mass is 258 g/mol. The second-order valence-corrected chi connectivity index (χ2v) is 6.10. The molecule has 1 aromatic rings. The summed E-state index contributed by atoms with van der Waals surface area (Å²) in [7, 11) is 0. The number of rotatable bonds is 5. The summed E-state index contributed by atoms with van der Waals surface area (Å²) < 4.78 is 0. The summed E-state index contributed by atoms with van der Waals surface area (Å²) in [5.74, 6) is 0.967. The normalized spacial score (nSPS) is 26.9. The van der Waals surface area contributed by atoms with E-state index in [2.05, 4.69) is 48.3 Å². The van der Waals surface area contributed by atoms with E-state index in [1.165, 1.54) is 37.1 Å². The topological polar surface area (TPSA) is 15.3 Å². The van der Waals surface area contributed by atoms with Gasteiger partial charge in [-0.25, -0.2) is 0 Å². The molecule has 1 heterocycles. The van der Waals surface area contributed by atoms with Crippen LogP contribution in [0.2, 0.25) is 0 Å². The van der Waals surface area contributed by atoms with Gasteiger partial charge in [0.05, 0.1) is 0 Å². The molecule has 3 unspecified atom stereocenters. The maximum Gasteiger partial charge on any atom is 0.0369 e. The molecule has 2 aliphatic rings. The van der Waals surface area contributed by atoms with Gasteiger partial charge in [0, 0.05) is 24.3 Å². The summed E-state index contributed by atoms with van der Waals surface area (Å²) in [4.78, 5) is 2.63. The van der Waals surface area contributed by atoms with Crippen molar-refractivity contribution in [3.05, 3.63) is 29.8 Å². The first-order valence-corrected chi connectivity index (χ1v) is 7.91. The van der Waals surface area contributed by atoms with Gasteiger partial charge in [-0.05, 0) is 55.8 Å². The van der Waals surface area contributed by atoms with Crippen LogP contribution in [0.1, 0.15) is 51.1 Å². The number of anilines is 1. The van der Waals surface area contributed by atoms with Gasteiger partial charge in [0.1, 0.15) is 0 Å². The summed E-state index contributed by atoms with van der Waals surface area (Å²) in [6.07, 6.45) is 5.44. The molecule has 2 fully saturated rings. The Labute approximate surface area is 117 Å². The Morgan fingerprint density at radius 3 is 2.53 bits per heavy atom. The van der Waals surface area contributed by atoms with Crippen molar-refractivity contribution < 1.29 is 0 Å². The van der Waals surface area contributed by atoms with Gasteiger partial charge < -0.3 is 10.2 Å². The SMILES string of the molecule is CCNC(CC)c1ccc(N2CC3CCC2C3)cc1. The average Bonchev–Trinajstić information content (AvgIpc) is 3.08. The van der Waals surface area contributed by atoms with Gasteiger partial charge in [0.15, 0.2) is 0 Å². The largest absolute Gasteiger partial charge is 0.368 e. The molecule has 1 aliphatic carbocycles. The van der Waals surface area contributed by atoms with Crippen LogP contribution in [0.3, 0.4) is 0 Å². The highest BCUT2D eigenvalue weighted by atomic mass is 15.2. The summed E-state index contributed by atoms with van der Waals surface area (Å²) in [6.45, 7) is 6.75. The number of hydrogen-bond donors (Lipinski definition) is 1. The third kappa shape index (κ3) is 2.51. The zero-order valence-corrected chi connectivity index (χ0v) is 12.2. The van der Waals surface area contributed by atoms with Gasteiger partial charge in [-0.1, -0.05) is 26.0 Å². The summed E-state index contributed by atoms with van der Waals surface area (Å²) in [5.41, 5.74) is 2.86. The van der Waals surface area contributed by atoms with Crippen LogP contribution in [0.5, 0.6) is 0 Å². The predicted molar refractivity (Wildman–Crippen MR) is 81.6 cm³/mol. The maximum absolute atomic E-state index is 3.55. The van der Waals surface area contributed by atoms with Gasteiger partial charge in [0.25, 0.3) is 0 Å². The van der Waals surface area contributed by atoms with Gasteiger partial charge in [0.2, 0.25) is 0 Å². The molecule has 3 rings (SSSR count). The number of hydrogen-bond acceptors (Lipinski definition) is 2. The first kappa shape index (κ1) is 13.0. The van der Waals surface area contributed by atoms with Crippen molar-refractivity contribution in [3.63, 3.8) is 0 Å². The van der Waals surface area contributed by atoms with Gasteiger partial charge in [-0.15, -0.1) is 0 Å². The lowest BCUT2D eigenvalue weighted by atomic mass is 10.0. The van der Waals surface area contributed by atoms with Crippen molar-refractivity contribution in [2.45, 2.75) is 51.6 Å². The molecule has 19 heavy (non-hydrogen) atoms. The number of benzene rings is 1. The van der Waals surface area contributed by atoms with Crippen LogP contribution in [0, 0.1) is 5.92 Å². The Balaban J connectivity index is 1.72. The number of piperidine rings is 1. The van der Waals surface area contributed by atoms with Crippen molar-refractivity contribution >= 4 is 5.69 Å². The molecular formula is C17H26N2. The van der Waals surface area contributed by atoms with E-state index in [4.69, 9.17) is 0 Å². The van der Waals surface area contributed by atoms with E-state index in [0.29, 0.717) is 6.04 Å². The van der Waals surface area contributed by atoms with Crippen LogP contribution in [0.25, 0.3) is 0 Å². The predicted octanol–water partition coefficient (Wildman–Crippen LogP) is 3.74. The lowest BCUT2D eigenvalue weighted by molar-refractivity contribution is 0.536. The Bertz CT molecular complexity index is 412. The zero-order chi connectivity index (χ0) is 13.2. The summed E-state index contributed by atoms with van der Waals surface area (Å²) in [5, 5.41) is 3.55. The molecule has 2 nitrogen and oxygen atoms in total. The molecule has 1 saturated carbocycles. The number of nitrogens with zero attached hydrogens (tertiary/aromatic N) is 1. The molecule has 104 valence electrons. The Hall–Kier alpha value is -1.02. The van der Waals surface area contributed by atoms with Crippen molar-refractivity contribution in [2.75, 3.05) is 18.0 Å². The molecule has 1 aromatic carbocycles. The number of nitrogens with one attached hydrogen (secondary N) is 1. The molecule has 2 heteroatoms. The van der Waals surface area contributed by atoms with Crippen LogP contribution in [-0.4, -0.2) is 19.1 Å². The molecule has 0 radical (unpaired) electrons. The minimum atomic E-state index is 0.508. The second kappa shape index (κ2) is 5.54.